The summed E-state index contributed by atoms with van der Waals surface area (Å²) in [5.41, 5.74) is 2.59. The predicted molar refractivity (Wildman–Crippen MR) is 69.1 cm³/mol. The van der Waals surface area contributed by atoms with E-state index in [1.165, 1.54) is 6.33 Å². The molecule has 92 valence electrons. The molecule has 0 unspecified atom stereocenters. The van der Waals surface area contributed by atoms with E-state index in [1.54, 1.807) is 7.11 Å². The van der Waals surface area contributed by atoms with Gasteiger partial charge >= 0.3 is 0 Å². The van der Waals surface area contributed by atoms with Gasteiger partial charge in [0.25, 0.3) is 0 Å². The van der Waals surface area contributed by atoms with Crippen molar-refractivity contribution in [3.63, 3.8) is 0 Å². The molecule has 0 atom stereocenters. The van der Waals surface area contributed by atoms with Crippen molar-refractivity contribution >= 4 is 21.9 Å². The quantitative estimate of drug-likeness (QED) is 0.767. The molecule has 1 N–H and O–H groups in total. The summed E-state index contributed by atoms with van der Waals surface area (Å²) in [7, 11) is 1.65. The van der Waals surface area contributed by atoms with E-state index in [2.05, 4.69) is 15.0 Å². The Labute approximate surface area is 104 Å². The van der Waals surface area contributed by atoms with Crippen molar-refractivity contribution < 1.29 is 9.47 Å². The molecule has 0 saturated heterocycles. The van der Waals surface area contributed by atoms with Gasteiger partial charge in [-0.15, -0.1) is 0 Å². The monoisotopic (exact) mass is 243 g/mol. The first-order valence-corrected chi connectivity index (χ1v) is 5.77. The molecule has 18 heavy (non-hydrogen) atoms. The van der Waals surface area contributed by atoms with Crippen LogP contribution in [-0.4, -0.2) is 28.7 Å². The lowest BCUT2D eigenvalue weighted by atomic mass is 10.2. The fraction of sp³-hybridized carbons (Fsp3) is 0.231. The molecule has 1 aromatic carbocycles. The average molecular weight is 243 g/mol. The fourth-order valence-electron chi connectivity index (χ4n) is 2.10. The molecule has 0 aliphatic heterocycles. The summed E-state index contributed by atoms with van der Waals surface area (Å²) in [6.45, 7) is 2.50. The molecule has 0 saturated carbocycles. The molecule has 0 fully saturated rings. The minimum atomic E-state index is 0.568. The van der Waals surface area contributed by atoms with Gasteiger partial charge in [0, 0.05) is 0 Å². The van der Waals surface area contributed by atoms with Crippen LogP contribution in [0.3, 0.4) is 0 Å². The Morgan fingerprint density at radius 3 is 2.94 bits per heavy atom. The molecule has 2 aromatic heterocycles. The Bertz CT molecular complexity index is 706. The SMILES string of the molecule is CCOc1ncnc2c1[nH]c1cccc(OC)c12. The third kappa shape index (κ3) is 1.48. The summed E-state index contributed by atoms with van der Waals surface area (Å²) < 4.78 is 10.9. The highest BCUT2D eigenvalue weighted by atomic mass is 16.5. The predicted octanol–water partition coefficient (Wildman–Crippen LogP) is 2.52. The van der Waals surface area contributed by atoms with E-state index in [0.717, 1.165) is 27.7 Å². The number of hydrogen-bond acceptors (Lipinski definition) is 4. The second-order valence-corrected chi connectivity index (χ2v) is 3.84. The molecule has 5 nitrogen and oxygen atoms in total. The van der Waals surface area contributed by atoms with Crippen molar-refractivity contribution in [2.45, 2.75) is 6.92 Å². The van der Waals surface area contributed by atoms with Gasteiger partial charge in [-0.2, -0.15) is 4.98 Å². The Balaban J connectivity index is 2.40. The lowest BCUT2D eigenvalue weighted by Crippen LogP contribution is -1.95. The van der Waals surface area contributed by atoms with E-state index in [9.17, 15) is 0 Å². The zero-order valence-corrected chi connectivity index (χ0v) is 10.2. The summed E-state index contributed by atoms with van der Waals surface area (Å²) in [4.78, 5) is 11.7. The van der Waals surface area contributed by atoms with Crippen LogP contribution in [0, 0.1) is 0 Å². The molecule has 0 aliphatic carbocycles. The molecular weight excluding hydrogens is 230 g/mol. The molecule has 0 amide bonds. The number of benzene rings is 1. The van der Waals surface area contributed by atoms with Crippen LogP contribution in [0.5, 0.6) is 11.6 Å². The first kappa shape index (κ1) is 10.8. The molecule has 0 aliphatic rings. The van der Waals surface area contributed by atoms with Crippen molar-refractivity contribution in [1.82, 2.24) is 15.0 Å². The number of ether oxygens (including phenoxy) is 2. The average Bonchev–Trinajstić information content (AvgIpc) is 2.79. The maximum absolute atomic E-state index is 5.50. The van der Waals surface area contributed by atoms with Crippen LogP contribution in [0.1, 0.15) is 6.92 Å². The number of H-pyrrole nitrogens is 1. The van der Waals surface area contributed by atoms with E-state index >= 15 is 0 Å². The first-order chi connectivity index (χ1) is 8.85. The lowest BCUT2D eigenvalue weighted by Gasteiger charge is -2.02. The maximum Gasteiger partial charge on any atom is 0.241 e. The van der Waals surface area contributed by atoms with Gasteiger partial charge in [0.1, 0.15) is 23.1 Å². The number of fused-ring (bicyclic) bond motifs is 3. The Morgan fingerprint density at radius 1 is 1.28 bits per heavy atom. The molecule has 0 spiro atoms. The number of methoxy groups -OCH3 is 1. The highest BCUT2D eigenvalue weighted by Gasteiger charge is 2.14. The van der Waals surface area contributed by atoms with Crippen LogP contribution in [0.2, 0.25) is 0 Å². The van der Waals surface area contributed by atoms with Gasteiger partial charge < -0.3 is 14.5 Å². The molecule has 5 heteroatoms. The standard InChI is InChI=1S/C13H13N3O2/c1-3-18-13-12-11(14-7-15-13)10-8(16-12)5-4-6-9(10)17-2/h4-7,16H,3H2,1-2H3. The minimum Gasteiger partial charge on any atom is -0.496 e. The van der Waals surface area contributed by atoms with Crippen molar-refractivity contribution in [3.8, 4) is 11.6 Å². The van der Waals surface area contributed by atoms with Crippen molar-refractivity contribution in [3.05, 3.63) is 24.5 Å². The number of aromatic nitrogens is 3. The van der Waals surface area contributed by atoms with Gasteiger partial charge in [0.15, 0.2) is 0 Å². The summed E-state index contributed by atoms with van der Waals surface area (Å²) >= 11 is 0. The molecule has 3 aromatic rings. The minimum absolute atomic E-state index is 0.568. The summed E-state index contributed by atoms with van der Waals surface area (Å²) in [5.74, 6) is 1.36. The van der Waals surface area contributed by atoms with Gasteiger partial charge in [-0.3, -0.25) is 0 Å². The number of aromatic amines is 1. The number of rotatable bonds is 3. The van der Waals surface area contributed by atoms with Gasteiger partial charge in [0.05, 0.1) is 24.6 Å². The molecule has 0 bridgehead atoms. The summed E-state index contributed by atoms with van der Waals surface area (Å²) in [6.07, 6.45) is 1.51. The Kier molecular flexibility index (Phi) is 2.51. The first-order valence-electron chi connectivity index (χ1n) is 5.77. The van der Waals surface area contributed by atoms with Crippen LogP contribution in [0.25, 0.3) is 21.9 Å². The summed E-state index contributed by atoms with van der Waals surface area (Å²) in [5, 5.41) is 0.957. The maximum atomic E-state index is 5.50. The van der Waals surface area contributed by atoms with Crippen LogP contribution in [0.4, 0.5) is 0 Å². The fourth-order valence-corrected chi connectivity index (χ4v) is 2.10. The van der Waals surface area contributed by atoms with Gasteiger partial charge in [0.2, 0.25) is 5.88 Å². The smallest absolute Gasteiger partial charge is 0.241 e. The van der Waals surface area contributed by atoms with Crippen molar-refractivity contribution in [2.75, 3.05) is 13.7 Å². The highest BCUT2D eigenvalue weighted by Crippen LogP contribution is 2.34. The Morgan fingerprint density at radius 2 is 2.17 bits per heavy atom. The molecular formula is C13H13N3O2. The van der Waals surface area contributed by atoms with Crippen LogP contribution in [0.15, 0.2) is 24.5 Å². The van der Waals surface area contributed by atoms with Crippen LogP contribution >= 0.6 is 0 Å². The van der Waals surface area contributed by atoms with E-state index in [0.29, 0.717) is 12.5 Å². The zero-order chi connectivity index (χ0) is 12.5. The van der Waals surface area contributed by atoms with E-state index in [-0.39, 0.29) is 0 Å². The second kappa shape index (κ2) is 4.18. The number of hydrogen-bond donors (Lipinski definition) is 1. The largest absolute Gasteiger partial charge is 0.496 e. The van der Waals surface area contributed by atoms with Gasteiger partial charge in [-0.25, -0.2) is 4.98 Å². The van der Waals surface area contributed by atoms with Crippen LogP contribution in [-0.2, 0) is 0 Å². The molecule has 3 rings (SSSR count). The second-order valence-electron chi connectivity index (χ2n) is 3.84. The lowest BCUT2D eigenvalue weighted by molar-refractivity contribution is 0.330. The van der Waals surface area contributed by atoms with Gasteiger partial charge in [-0.1, -0.05) is 6.07 Å². The highest BCUT2D eigenvalue weighted by molar-refractivity contribution is 6.09. The van der Waals surface area contributed by atoms with Crippen molar-refractivity contribution in [1.29, 1.82) is 0 Å². The van der Waals surface area contributed by atoms with E-state index < -0.39 is 0 Å². The Hall–Kier alpha value is -2.30. The number of nitrogens with zero attached hydrogens (tertiary/aromatic N) is 2. The van der Waals surface area contributed by atoms with E-state index in [4.69, 9.17) is 9.47 Å². The topological polar surface area (TPSA) is 60.0 Å². The zero-order valence-electron chi connectivity index (χ0n) is 10.2. The summed E-state index contributed by atoms with van der Waals surface area (Å²) in [6, 6.07) is 5.83. The van der Waals surface area contributed by atoms with Gasteiger partial charge in [-0.05, 0) is 19.1 Å². The van der Waals surface area contributed by atoms with E-state index in [1.807, 2.05) is 25.1 Å². The third-order valence-electron chi connectivity index (χ3n) is 2.84. The third-order valence-corrected chi connectivity index (χ3v) is 2.84. The normalized spacial score (nSPS) is 11.0. The molecule has 0 radical (unpaired) electrons. The van der Waals surface area contributed by atoms with Crippen LogP contribution < -0.4 is 9.47 Å². The molecule has 2 heterocycles. The number of nitrogens with one attached hydrogen (secondary N) is 1. The van der Waals surface area contributed by atoms with Crippen molar-refractivity contribution in [2.24, 2.45) is 0 Å².